The summed E-state index contributed by atoms with van der Waals surface area (Å²) in [7, 11) is 1.32. The van der Waals surface area contributed by atoms with E-state index in [-0.39, 0.29) is 30.6 Å². The number of esters is 2. The number of nitrogens with zero attached hydrogens (tertiary/aromatic N) is 2. The molecular weight excluding hydrogens is 522 g/mol. The molecule has 1 aromatic carbocycles. The van der Waals surface area contributed by atoms with Crippen molar-refractivity contribution in [2.24, 2.45) is 4.99 Å². The molecule has 9 nitrogen and oxygen atoms in total. The summed E-state index contributed by atoms with van der Waals surface area (Å²) in [4.78, 5) is 55.1. The predicted octanol–water partition coefficient (Wildman–Crippen LogP) is 3.40. The Kier molecular flexibility index (Phi) is 8.60. The van der Waals surface area contributed by atoms with Gasteiger partial charge in [0.1, 0.15) is 11.5 Å². The fourth-order valence-electron chi connectivity index (χ4n) is 3.94. The van der Waals surface area contributed by atoms with Crippen molar-refractivity contribution in [1.82, 2.24) is 4.57 Å². The smallest absolute Gasteiger partial charge is 0.341 e. The average Bonchev–Trinajstić information content (AvgIpc) is 3.52. The number of benzene rings is 1. The molecule has 36 heavy (non-hydrogen) atoms. The second kappa shape index (κ2) is 11.8. The first-order chi connectivity index (χ1) is 17.4. The number of amides is 2. The van der Waals surface area contributed by atoms with Gasteiger partial charge in [0.2, 0.25) is 5.91 Å². The maximum atomic E-state index is 12.6. The number of carbonyl (C=O) groups excluding carboxylic acids is 4. The SMILES string of the molecule is CCOC(=O)Cn1c(=NC(=O)CSCC(=O)Nc2sc3c(c2C(=O)OC)CCC3)sc2ccccc21. The number of thioether (sulfide) groups is 1. The van der Waals surface area contributed by atoms with Crippen LogP contribution in [0, 0.1) is 0 Å². The first kappa shape index (κ1) is 26.1. The van der Waals surface area contributed by atoms with Gasteiger partial charge in [-0.1, -0.05) is 23.5 Å². The Labute approximate surface area is 219 Å². The lowest BCUT2D eigenvalue weighted by Gasteiger charge is -2.06. The first-order valence-electron chi connectivity index (χ1n) is 11.3. The van der Waals surface area contributed by atoms with Gasteiger partial charge >= 0.3 is 11.9 Å². The topological polar surface area (TPSA) is 116 Å². The Morgan fingerprint density at radius 2 is 1.94 bits per heavy atom. The lowest BCUT2D eigenvalue weighted by Crippen LogP contribution is -2.23. The van der Waals surface area contributed by atoms with Crippen LogP contribution in [0.3, 0.4) is 0 Å². The van der Waals surface area contributed by atoms with Gasteiger partial charge in [0, 0.05) is 4.88 Å². The zero-order chi connectivity index (χ0) is 25.7. The third-order valence-electron chi connectivity index (χ3n) is 5.42. The molecule has 0 saturated heterocycles. The number of hydrogen-bond acceptors (Lipinski definition) is 9. The molecule has 0 bridgehead atoms. The van der Waals surface area contributed by atoms with Crippen molar-refractivity contribution in [3.05, 3.63) is 45.1 Å². The Hall–Kier alpha value is -2.96. The molecule has 190 valence electrons. The van der Waals surface area contributed by atoms with Crippen LogP contribution in [0.15, 0.2) is 29.3 Å². The molecule has 2 amide bonds. The highest BCUT2D eigenvalue weighted by Gasteiger charge is 2.28. The molecule has 1 N–H and O–H groups in total. The minimum atomic E-state index is -0.453. The zero-order valence-electron chi connectivity index (χ0n) is 19.8. The molecule has 12 heteroatoms. The Balaban J connectivity index is 1.40. The van der Waals surface area contributed by atoms with Gasteiger partial charge in [-0.15, -0.1) is 23.1 Å². The van der Waals surface area contributed by atoms with E-state index >= 15 is 0 Å². The molecule has 0 aliphatic heterocycles. The number of aryl methyl sites for hydroxylation is 1. The average molecular weight is 548 g/mol. The van der Waals surface area contributed by atoms with Crippen molar-refractivity contribution < 1.29 is 28.7 Å². The number of ether oxygens (including phenoxy) is 2. The van der Waals surface area contributed by atoms with Gasteiger partial charge in [-0.2, -0.15) is 4.99 Å². The van der Waals surface area contributed by atoms with Crippen LogP contribution in [0.5, 0.6) is 0 Å². The van der Waals surface area contributed by atoms with Crippen molar-refractivity contribution in [3.63, 3.8) is 0 Å². The second-order valence-electron chi connectivity index (χ2n) is 7.84. The third kappa shape index (κ3) is 5.88. The second-order valence-corrected chi connectivity index (χ2v) is 10.9. The van der Waals surface area contributed by atoms with Crippen LogP contribution >= 0.6 is 34.4 Å². The van der Waals surface area contributed by atoms with E-state index in [1.54, 1.807) is 11.5 Å². The highest BCUT2D eigenvalue weighted by molar-refractivity contribution is 8.00. The van der Waals surface area contributed by atoms with Crippen LogP contribution < -0.4 is 10.1 Å². The lowest BCUT2D eigenvalue weighted by molar-refractivity contribution is -0.143. The molecular formula is C24H25N3O6S3. The maximum Gasteiger partial charge on any atom is 0.341 e. The fourth-order valence-corrected chi connectivity index (χ4v) is 6.88. The molecule has 3 aromatic rings. The molecule has 1 aliphatic carbocycles. The summed E-state index contributed by atoms with van der Waals surface area (Å²) in [5, 5.41) is 3.30. The van der Waals surface area contributed by atoms with Crippen molar-refractivity contribution in [2.75, 3.05) is 30.5 Å². The summed E-state index contributed by atoms with van der Waals surface area (Å²) in [6.07, 6.45) is 2.67. The number of thiazole rings is 1. The monoisotopic (exact) mass is 547 g/mol. The van der Waals surface area contributed by atoms with Gasteiger partial charge in [0.05, 0.1) is 41.0 Å². The van der Waals surface area contributed by atoms with E-state index in [4.69, 9.17) is 9.47 Å². The van der Waals surface area contributed by atoms with Crippen LogP contribution in [0.2, 0.25) is 0 Å². The summed E-state index contributed by atoms with van der Waals surface area (Å²) in [6.45, 7) is 1.95. The minimum Gasteiger partial charge on any atom is -0.465 e. The van der Waals surface area contributed by atoms with E-state index in [0.29, 0.717) is 15.4 Å². The van der Waals surface area contributed by atoms with Crippen LogP contribution in [-0.2, 0) is 43.2 Å². The number of anilines is 1. The van der Waals surface area contributed by atoms with E-state index in [1.165, 1.54) is 29.8 Å². The lowest BCUT2D eigenvalue weighted by atomic mass is 10.1. The number of fused-ring (bicyclic) bond motifs is 2. The number of thiophene rings is 1. The summed E-state index contributed by atoms with van der Waals surface area (Å²) in [6, 6.07) is 7.48. The molecule has 0 saturated carbocycles. The standard InChI is InChI=1S/C24H25N3O6S3/c1-3-33-20(30)11-27-15-8-4-5-9-17(15)36-24(27)26-19(29)13-34-12-18(28)25-22-21(23(31)32-2)14-7-6-10-16(14)35-22/h4-5,8-9H,3,6-7,10-13H2,1-2H3,(H,25,28). The maximum absolute atomic E-state index is 12.6. The van der Waals surface area contributed by atoms with E-state index in [9.17, 15) is 19.2 Å². The highest BCUT2D eigenvalue weighted by Crippen LogP contribution is 2.39. The van der Waals surface area contributed by atoms with Crippen LogP contribution in [0.1, 0.15) is 34.1 Å². The van der Waals surface area contributed by atoms with Gasteiger partial charge in [0.15, 0.2) is 4.80 Å². The van der Waals surface area contributed by atoms with Gasteiger partial charge in [-0.25, -0.2) is 4.79 Å². The number of hydrogen-bond donors (Lipinski definition) is 1. The molecule has 0 spiro atoms. The molecule has 2 heterocycles. The first-order valence-corrected chi connectivity index (χ1v) is 14.1. The highest BCUT2D eigenvalue weighted by atomic mass is 32.2. The molecule has 0 fully saturated rings. The van der Waals surface area contributed by atoms with Crippen molar-refractivity contribution >= 4 is 73.4 Å². The number of carbonyl (C=O) groups is 4. The molecule has 2 aromatic heterocycles. The van der Waals surface area contributed by atoms with E-state index in [1.807, 2.05) is 24.3 Å². The van der Waals surface area contributed by atoms with E-state index in [2.05, 4.69) is 10.3 Å². The molecule has 4 rings (SSSR count). The van der Waals surface area contributed by atoms with Gasteiger partial charge < -0.3 is 19.4 Å². The molecule has 0 unspecified atom stereocenters. The summed E-state index contributed by atoms with van der Waals surface area (Å²) < 4.78 is 12.5. The van der Waals surface area contributed by atoms with Gasteiger partial charge in [-0.3, -0.25) is 14.4 Å². The Morgan fingerprint density at radius 3 is 2.72 bits per heavy atom. The largest absolute Gasteiger partial charge is 0.465 e. The predicted molar refractivity (Wildman–Crippen MR) is 141 cm³/mol. The van der Waals surface area contributed by atoms with Crippen molar-refractivity contribution in [1.29, 1.82) is 0 Å². The van der Waals surface area contributed by atoms with Crippen molar-refractivity contribution in [2.45, 2.75) is 32.7 Å². The summed E-state index contributed by atoms with van der Waals surface area (Å²) >= 11 is 3.85. The van der Waals surface area contributed by atoms with Crippen LogP contribution in [-0.4, -0.2) is 53.5 Å². The minimum absolute atomic E-state index is 0.00806. The number of nitrogens with one attached hydrogen (secondary N) is 1. The summed E-state index contributed by atoms with van der Waals surface area (Å²) in [5.74, 6) is -1.57. The molecule has 0 atom stereocenters. The van der Waals surface area contributed by atoms with Gasteiger partial charge in [-0.05, 0) is 43.9 Å². The molecule has 1 aliphatic rings. The quantitative estimate of drug-likeness (QED) is 0.408. The fraction of sp³-hybridized carbons (Fsp3) is 0.375. The van der Waals surface area contributed by atoms with Crippen LogP contribution in [0.4, 0.5) is 5.00 Å². The normalized spacial score (nSPS) is 13.0. The zero-order valence-corrected chi connectivity index (χ0v) is 22.3. The van der Waals surface area contributed by atoms with E-state index < -0.39 is 17.8 Å². The van der Waals surface area contributed by atoms with E-state index in [0.717, 1.165) is 51.7 Å². The van der Waals surface area contributed by atoms with Crippen LogP contribution in [0.25, 0.3) is 10.2 Å². The number of rotatable bonds is 9. The molecule has 0 radical (unpaired) electrons. The number of methoxy groups -OCH3 is 1. The number of para-hydroxylation sites is 1. The third-order valence-corrected chi connectivity index (χ3v) is 8.61. The van der Waals surface area contributed by atoms with Crippen molar-refractivity contribution in [3.8, 4) is 0 Å². The Morgan fingerprint density at radius 1 is 1.14 bits per heavy atom. The van der Waals surface area contributed by atoms with Gasteiger partial charge in [0.25, 0.3) is 5.91 Å². The Bertz CT molecular complexity index is 1390. The number of aromatic nitrogens is 1. The summed E-state index contributed by atoms with van der Waals surface area (Å²) in [5.41, 5.74) is 2.19.